The highest BCUT2D eigenvalue weighted by molar-refractivity contribution is 5.98. The van der Waals surface area contributed by atoms with Gasteiger partial charge in [-0.05, 0) is 42.7 Å². The molecule has 1 fully saturated rings. The third-order valence-corrected chi connectivity index (χ3v) is 4.40. The van der Waals surface area contributed by atoms with Gasteiger partial charge in [0.2, 0.25) is 0 Å². The van der Waals surface area contributed by atoms with Crippen molar-refractivity contribution in [2.75, 3.05) is 25.0 Å². The summed E-state index contributed by atoms with van der Waals surface area (Å²) in [6.45, 7) is 2.06. The second-order valence-corrected chi connectivity index (χ2v) is 6.08. The quantitative estimate of drug-likeness (QED) is 0.907. The van der Waals surface area contributed by atoms with Crippen molar-refractivity contribution in [3.63, 3.8) is 0 Å². The third-order valence-electron chi connectivity index (χ3n) is 4.40. The van der Waals surface area contributed by atoms with Gasteiger partial charge < -0.3 is 15.0 Å². The normalized spacial score (nSPS) is 15.2. The standard InChI is InChI=1S/C19H22FN3O2/c1-21-19(24)17-3-2-10-22-18(17)23-11-8-16(9-12-23)25-13-14-4-6-15(20)7-5-14/h2-7,10,16H,8-9,11-13H2,1H3,(H,21,24). The number of hydrogen-bond acceptors (Lipinski definition) is 4. The number of carbonyl (C=O) groups is 1. The summed E-state index contributed by atoms with van der Waals surface area (Å²) >= 11 is 0. The lowest BCUT2D eigenvalue weighted by Gasteiger charge is -2.33. The molecule has 0 aliphatic carbocycles. The number of anilines is 1. The molecular weight excluding hydrogens is 321 g/mol. The maximum atomic E-state index is 12.9. The first-order chi connectivity index (χ1) is 12.2. The minimum atomic E-state index is -0.237. The first-order valence-corrected chi connectivity index (χ1v) is 8.45. The Morgan fingerprint density at radius 3 is 2.68 bits per heavy atom. The number of hydrogen-bond donors (Lipinski definition) is 1. The number of pyridine rings is 1. The van der Waals surface area contributed by atoms with Gasteiger partial charge in [0.05, 0.1) is 18.3 Å². The van der Waals surface area contributed by atoms with Crippen LogP contribution in [-0.4, -0.2) is 37.1 Å². The maximum Gasteiger partial charge on any atom is 0.254 e. The van der Waals surface area contributed by atoms with Crippen molar-refractivity contribution >= 4 is 11.7 Å². The van der Waals surface area contributed by atoms with Crippen molar-refractivity contribution in [3.05, 3.63) is 59.5 Å². The molecule has 0 bridgehead atoms. The van der Waals surface area contributed by atoms with Crippen LogP contribution in [0.3, 0.4) is 0 Å². The molecule has 0 atom stereocenters. The van der Waals surface area contributed by atoms with Crippen molar-refractivity contribution in [2.24, 2.45) is 0 Å². The lowest BCUT2D eigenvalue weighted by Crippen LogP contribution is -2.38. The first kappa shape index (κ1) is 17.4. The van der Waals surface area contributed by atoms with Crippen molar-refractivity contribution in [3.8, 4) is 0 Å². The van der Waals surface area contributed by atoms with Gasteiger partial charge in [-0.2, -0.15) is 0 Å². The second kappa shape index (κ2) is 8.07. The molecule has 0 radical (unpaired) electrons. The Hall–Kier alpha value is -2.47. The van der Waals surface area contributed by atoms with E-state index in [2.05, 4.69) is 15.2 Å². The Bertz CT molecular complexity index is 713. The molecule has 1 amide bonds. The van der Waals surface area contributed by atoms with E-state index in [0.717, 1.165) is 37.3 Å². The molecule has 3 rings (SSSR count). The molecule has 5 nitrogen and oxygen atoms in total. The largest absolute Gasteiger partial charge is 0.373 e. The summed E-state index contributed by atoms with van der Waals surface area (Å²) in [5.41, 5.74) is 1.56. The lowest BCUT2D eigenvalue weighted by atomic mass is 10.1. The Balaban J connectivity index is 1.55. The maximum absolute atomic E-state index is 12.9. The summed E-state index contributed by atoms with van der Waals surface area (Å²) in [5.74, 6) is 0.357. The number of aromatic nitrogens is 1. The zero-order chi connectivity index (χ0) is 17.6. The molecule has 1 saturated heterocycles. The van der Waals surface area contributed by atoms with Crippen LogP contribution in [0.1, 0.15) is 28.8 Å². The number of nitrogens with one attached hydrogen (secondary N) is 1. The Morgan fingerprint density at radius 1 is 1.28 bits per heavy atom. The van der Waals surface area contributed by atoms with E-state index in [1.807, 2.05) is 0 Å². The fraction of sp³-hybridized carbons (Fsp3) is 0.368. The van der Waals surface area contributed by atoms with Crippen molar-refractivity contribution in [2.45, 2.75) is 25.6 Å². The average molecular weight is 343 g/mol. The predicted molar refractivity (Wildman–Crippen MR) is 94.1 cm³/mol. The zero-order valence-electron chi connectivity index (χ0n) is 14.2. The van der Waals surface area contributed by atoms with Gasteiger partial charge >= 0.3 is 0 Å². The number of carbonyl (C=O) groups excluding carboxylic acids is 1. The highest BCUT2D eigenvalue weighted by Crippen LogP contribution is 2.23. The zero-order valence-corrected chi connectivity index (χ0v) is 14.2. The van der Waals surface area contributed by atoms with Gasteiger partial charge in [0.15, 0.2) is 0 Å². The van der Waals surface area contributed by atoms with E-state index in [0.29, 0.717) is 12.2 Å². The van der Waals surface area contributed by atoms with Crippen LogP contribution in [0.2, 0.25) is 0 Å². The van der Waals surface area contributed by atoms with Gasteiger partial charge in [0, 0.05) is 26.3 Å². The first-order valence-electron chi connectivity index (χ1n) is 8.45. The van der Waals surface area contributed by atoms with Gasteiger partial charge in [0.25, 0.3) is 5.91 Å². The van der Waals surface area contributed by atoms with Crippen molar-refractivity contribution in [1.29, 1.82) is 0 Å². The Labute approximate surface area is 146 Å². The third kappa shape index (κ3) is 4.33. The van der Waals surface area contributed by atoms with E-state index >= 15 is 0 Å². The number of amides is 1. The molecule has 6 heteroatoms. The second-order valence-electron chi connectivity index (χ2n) is 6.08. The average Bonchev–Trinajstić information content (AvgIpc) is 2.67. The van der Waals surface area contributed by atoms with Gasteiger partial charge in [-0.25, -0.2) is 9.37 Å². The Morgan fingerprint density at radius 2 is 2.00 bits per heavy atom. The molecule has 0 unspecified atom stereocenters. The smallest absolute Gasteiger partial charge is 0.254 e. The lowest BCUT2D eigenvalue weighted by molar-refractivity contribution is 0.0250. The van der Waals surface area contributed by atoms with E-state index in [1.54, 1.807) is 37.5 Å². The summed E-state index contributed by atoms with van der Waals surface area (Å²) in [4.78, 5) is 18.5. The Kier molecular flexibility index (Phi) is 5.60. The van der Waals surface area contributed by atoms with Crippen LogP contribution in [0, 0.1) is 5.82 Å². The van der Waals surface area contributed by atoms with Crippen molar-refractivity contribution < 1.29 is 13.9 Å². The minimum Gasteiger partial charge on any atom is -0.373 e. The molecule has 1 aromatic heterocycles. The van der Waals surface area contributed by atoms with Crippen molar-refractivity contribution in [1.82, 2.24) is 10.3 Å². The molecule has 1 aliphatic rings. The number of halogens is 1. The number of rotatable bonds is 5. The fourth-order valence-corrected chi connectivity index (χ4v) is 2.99. The number of nitrogens with zero attached hydrogens (tertiary/aromatic N) is 2. The SMILES string of the molecule is CNC(=O)c1cccnc1N1CCC(OCc2ccc(F)cc2)CC1. The highest BCUT2D eigenvalue weighted by Gasteiger charge is 2.23. The molecular formula is C19H22FN3O2. The van der Waals surface area contributed by atoms with Crippen LogP contribution < -0.4 is 10.2 Å². The highest BCUT2D eigenvalue weighted by atomic mass is 19.1. The van der Waals surface area contributed by atoms with Gasteiger partial charge in [-0.15, -0.1) is 0 Å². The van der Waals surface area contributed by atoms with Crippen LogP contribution in [0.5, 0.6) is 0 Å². The van der Waals surface area contributed by atoms with E-state index in [-0.39, 0.29) is 17.8 Å². The molecule has 2 heterocycles. The summed E-state index contributed by atoms with van der Waals surface area (Å²) in [7, 11) is 1.62. The van der Waals surface area contributed by atoms with E-state index in [1.165, 1.54) is 12.1 Å². The summed E-state index contributed by atoms with van der Waals surface area (Å²) < 4.78 is 18.9. The van der Waals surface area contributed by atoms with Crippen LogP contribution in [0.4, 0.5) is 10.2 Å². The summed E-state index contributed by atoms with van der Waals surface area (Å²) in [5, 5.41) is 2.65. The number of benzene rings is 1. The van der Waals surface area contributed by atoms with Crippen LogP contribution in [0.15, 0.2) is 42.6 Å². The minimum absolute atomic E-state index is 0.127. The molecule has 25 heavy (non-hydrogen) atoms. The fourth-order valence-electron chi connectivity index (χ4n) is 2.99. The molecule has 1 aromatic carbocycles. The molecule has 0 saturated carbocycles. The van der Waals surface area contributed by atoms with Crippen LogP contribution in [0.25, 0.3) is 0 Å². The van der Waals surface area contributed by atoms with Gasteiger partial charge in [-0.1, -0.05) is 12.1 Å². The molecule has 0 spiro atoms. The molecule has 132 valence electrons. The molecule has 2 aromatic rings. The topological polar surface area (TPSA) is 54.5 Å². The van der Waals surface area contributed by atoms with E-state index in [9.17, 15) is 9.18 Å². The molecule has 1 N–H and O–H groups in total. The van der Waals surface area contributed by atoms with Crippen LogP contribution in [-0.2, 0) is 11.3 Å². The van der Waals surface area contributed by atoms with Gasteiger partial charge in [0.1, 0.15) is 11.6 Å². The molecule has 1 aliphatic heterocycles. The van der Waals surface area contributed by atoms with Crippen LogP contribution >= 0.6 is 0 Å². The van der Waals surface area contributed by atoms with Gasteiger partial charge in [-0.3, -0.25) is 4.79 Å². The number of piperidine rings is 1. The van der Waals surface area contributed by atoms with E-state index in [4.69, 9.17) is 4.74 Å². The summed E-state index contributed by atoms with van der Waals surface area (Å²) in [6.07, 6.45) is 3.60. The predicted octanol–water partition coefficient (Wildman–Crippen LogP) is 2.77. The summed E-state index contributed by atoms with van der Waals surface area (Å²) in [6, 6.07) is 9.94. The monoisotopic (exact) mass is 343 g/mol. The van der Waals surface area contributed by atoms with E-state index < -0.39 is 0 Å². The number of ether oxygens (including phenoxy) is 1.